The second kappa shape index (κ2) is 5.21. The number of hydrogen-bond donors (Lipinski definition) is 0. The third kappa shape index (κ3) is 3.96. The molecule has 2 unspecified atom stereocenters. The molecule has 0 spiro atoms. The van der Waals surface area contributed by atoms with E-state index in [1.54, 1.807) is 0 Å². The molecule has 0 radical (unpaired) electrons. The van der Waals surface area contributed by atoms with Crippen LogP contribution in [0, 0.1) is 0 Å². The quantitative estimate of drug-likeness (QED) is 0.684. The van der Waals surface area contributed by atoms with Crippen molar-refractivity contribution in [2.24, 2.45) is 0 Å². The van der Waals surface area contributed by atoms with Crippen molar-refractivity contribution < 1.29 is 14.2 Å². The van der Waals surface area contributed by atoms with Gasteiger partial charge in [0.1, 0.15) is 6.79 Å². The van der Waals surface area contributed by atoms with Crippen molar-refractivity contribution in [3.05, 3.63) is 0 Å². The van der Waals surface area contributed by atoms with Crippen LogP contribution in [0.1, 0.15) is 0 Å². The molecule has 1 heterocycles. The van der Waals surface area contributed by atoms with Gasteiger partial charge in [0.05, 0.1) is 18.6 Å². The molecule has 1 saturated heterocycles. The Morgan fingerprint density at radius 2 is 2.00 bits per heavy atom. The van der Waals surface area contributed by atoms with Gasteiger partial charge in [-0.25, -0.2) is 0 Å². The van der Waals surface area contributed by atoms with E-state index in [0.29, 0.717) is 6.61 Å². The lowest BCUT2D eigenvalue weighted by Crippen LogP contribution is -2.35. The number of ether oxygens (including phenoxy) is 3. The lowest BCUT2D eigenvalue weighted by atomic mass is 10.4. The Morgan fingerprint density at radius 1 is 1.31 bits per heavy atom. The van der Waals surface area contributed by atoms with Crippen molar-refractivity contribution in [3.8, 4) is 0 Å². The Bertz CT molecular complexity index is 160. The summed E-state index contributed by atoms with van der Waals surface area (Å²) in [6.45, 7) is 0.368. The van der Waals surface area contributed by atoms with Crippen LogP contribution in [0.3, 0.4) is 0 Å². The zero-order valence-corrected chi connectivity index (χ0v) is 9.54. The molecule has 2 atom stereocenters. The maximum absolute atomic E-state index is 5.59. The monoisotopic (exact) mass is 268 g/mol. The Labute approximate surface area is 96.1 Å². The Hall–Kier alpha value is 1.04. The van der Waals surface area contributed by atoms with Gasteiger partial charge in [0.2, 0.25) is 10.1 Å². The summed E-state index contributed by atoms with van der Waals surface area (Å²) in [4.78, 5) is 0. The van der Waals surface area contributed by atoms with E-state index in [1.807, 2.05) is 0 Å². The Morgan fingerprint density at radius 3 is 2.54 bits per heavy atom. The molecule has 0 N–H and O–H groups in total. The van der Waals surface area contributed by atoms with E-state index in [4.69, 9.17) is 60.6 Å². The predicted molar refractivity (Wildman–Crippen MR) is 51.6 cm³/mol. The van der Waals surface area contributed by atoms with Crippen LogP contribution in [-0.2, 0) is 14.2 Å². The third-order valence-electron chi connectivity index (χ3n) is 1.36. The highest BCUT2D eigenvalue weighted by Gasteiger charge is 2.37. The van der Waals surface area contributed by atoms with Gasteiger partial charge in [-0.05, 0) is 0 Å². The van der Waals surface area contributed by atoms with Crippen LogP contribution >= 0.6 is 46.4 Å². The average Bonchev–Trinajstić information content (AvgIpc) is 2.27. The van der Waals surface area contributed by atoms with Crippen molar-refractivity contribution >= 4 is 46.4 Å². The van der Waals surface area contributed by atoms with Crippen molar-refractivity contribution in [1.29, 1.82) is 0 Å². The second-order valence-corrected chi connectivity index (χ2v) is 5.12. The fraction of sp³-hybridized carbons (Fsp3) is 1.00. The van der Waals surface area contributed by atoms with E-state index in [1.165, 1.54) is 0 Å². The highest BCUT2D eigenvalue weighted by Crippen LogP contribution is 2.34. The van der Waals surface area contributed by atoms with Gasteiger partial charge in [-0.3, -0.25) is 0 Å². The summed E-state index contributed by atoms with van der Waals surface area (Å²) in [7, 11) is 0. The van der Waals surface area contributed by atoms with Crippen molar-refractivity contribution in [3.63, 3.8) is 0 Å². The molecule has 1 rings (SSSR count). The van der Waals surface area contributed by atoms with Crippen LogP contribution in [0.25, 0.3) is 0 Å². The first-order valence-electron chi connectivity index (χ1n) is 3.51. The van der Waals surface area contributed by atoms with Gasteiger partial charge in [0, 0.05) is 0 Å². The molecule has 3 nitrogen and oxygen atoms in total. The normalized spacial score (nSPS) is 31.4. The number of hydrogen-bond acceptors (Lipinski definition) is 3. The van der Waals surface area contributed by atoms with Gasteiger partial charge in [0.25, 0.3) is 0 Å². The minimum atomic E-state index is -1.63. The first-order chi connectivity index (χ1) is 6.04. The predicted octanol–water partition coefficient (Wildman–Crippen LogP) is 2.31. The summed E-state index contributed by atoms with van der Waals surface area (Å²) in [5, 5.41) is 0. The standard InChI is InChI=1S/C6H8Cl4O3/c7-1-4-2-11-3-12-5(13-4)6(8,9)10/h4-5H,1-3H2. The highest BCUT2D eigenvalue weighted by atomic mass is 35.6. The maximum atomic E-state index is 5.59. The molecule has 0 bridgehead atoms. The van der Waals surface area contributed by atoms with Crippen molar-refractivity contribution in [2.75, 3.05) is 19.3 Å². The average molecular weight is 270 g/mol. The molecule has 0 aromatic carbocycles. The summed E-state index contributed by atoms with van der Waals surface area (Å²) in [6.07, 6.45) is -1.26. The molecular formula is C6H8Cl4O3. The van der Waals surface area contributed by atoms with Gasteiger partial charge in [-0.2, -0.15) is 0 Å². The zero-order valence-electron chi connectivity index (χ0n) is 6.51. The molecule has 0 amide bonds. The lowest BCUT2D eigenvalue weighted by Gasteiger charge is -2.24. The molecule has 0 aromatic heterocycles. The van der Waals surface area contributed by atoms with Crippen LogP contribution in [0.4, 0.5) is 0 Å². The molecule has 0 saturated carbocycles. The lowest BCUT2D eigenvalue weighted by molar-refractivity contribution is -0.159. The molecule has 7 heteroatoms. The van der Waals surface area contributed by atoms with Crippen LogP contribution < -0.4 is 0 Å². The van der Waals surface area contributed by atoms with Gasteiger partial charge in [-0.1, -0.05) is 34.8 Å². The summed E-state index contributed by atoms with van der Waals surface area (Å²) >= 11 is 22.3. The van der Waals surface area contributed by atoms with Crippen LogP contribution in [-0.4, -0.2) is 35.5 Å². The van der Waals surface area contributed by atoms with E-state index in [2.05, 4.69) is 0 Å². The molecule has 13 heavy (non-hydrogen) atoms. The fourth-order valence-corrected chi connectivity index (χ4v) is 1.30. The number of halogens is 4. The molecular weight excluding hydrogens is 262 g/mol. The second-order valence-electron chi connectivity index (χ2n) is 2.44. The van der Waals surface area contributed by atoms with Gasteiger partial charge in [0.15, 0.2) is 0 Å². The zero-order chi connectivity index (χ0) is 9.90. The fourth-order valence-electron chi connectivity index (χ4n) is 0.795. The molecule has 1 fully saturated rings. The topological polar surface area (TPSA) is 27.7 Å². The van der Waals surface area contributed by atoms with E-state index >= 15 is 0 Å². The van der Waals surface area contributed by atoms with E-state index in [0.717, 1.165) is 0 Å². The highest BCUT2D eigenvalue weighted by molar-refractivity contribution is 6.67. The van der Waals surface area contributed by atoms with Crippen LogP contribution in [0.5, 0.6) is 0 Å². The molecule has 78 valence electrons. The van der Waals surface area contributed by atoms with Crippen LogP contribution in [0.15, 0.2) is 0 Å². The number of alkyl halides is 4. The summed E-state index contributed by atoms with van der Waals surface area (Å²) in [5.41, 5.74) is 0. The first kappa shape index (κ1) is 12.1. The smallest absolute Gasteiger partial charge is 0.241 e. The molecule has 0 aliphatic carbocycles. The molecule has 0 aromatic rings. The largest absolute Gasteiger partial charge is 0.353 e. The van der Waals surface area contributed by atoms with E-state index in [9.17, 15) is 0 Å². The minimum absolute atomic E-state index is 0.0337. The Kier molecular flexibility index (Phi) is 4.86. The van der Waals surface area contributed by atoms with Gasteiger partial charge in [-0.15, -0.1) is 11.6 Å². The first-order valence-corrected chi connectivity index (χ1v) is 5.18. The molecule has 1 aliphatic heterocycles. The summed E-state index contributed by atoms with van der Waals surface area (Å²) < 4.78 is 13.6. The van der Waals surface area contributed by atoms with E-state index < -0.39 is 10.1 Å². The van der Waals surface area contributed by atoms with Crippen molar-refractivity contribution in [1.82, 2.24) is 0 Å². The van der Waals surface area contributed by atoms with E-state index in [-0.39, 0.29) is 18.8 Å². The van der Waals surface area contributed by atoms with Crippen LogP contribution in [0.2, 0.25) is 0 Å². The Balaban J connectivity index is 2.54. The van der Waals surface area contributed by atoms with Crippen molar-refractivity contribution in [2.45, 2.75) is 16.2 Å². The number of rotatable bonds is 1. The van der Waals surface area contributed by atoms with Gasteiger partial charge >= 0.3 is 0 Å². The SMILES string of the molecule is ClCC1COCOC(C(Cl)(Cl)Cl)O1. The third-order valence-corrected chi connectivity index (χ3v) is 2.24. The molecule has 1 aliphatic rings. The maximum Gasteiger partial charge on any atom is 0.241 e. The summed E-state index contributed by atoms with van der Waals surface area (Å²) in [5.74, 6) is 0.264. The van der Waals surface area contributed by atoms with Gasteiger partial charge < -0.3 is 14.2 Å². The summed E-state index contributed by atoms with van der Waals surface area (Å²) in [6, 6.07) is 0. The minimum Gasteiger partial charge on any atom is -0.353 e.